The van der Waals surface area contributed by atoms with Crippen molar-refractivity contribution >= 4 is 11.9 Å². The smallest absolute Gasteiger partial charge is 0.870 e. The summed E-state index contributed by atoms with van der Waals surface area (Å²) in [4.78, 5) is 23.6. The Balaban J connectivity index is 0.000000175. The quantitative estimate of drug-likeness (QED) is 0.289. The van der Waals surface area contributed by atoms with Gasteiger partial charge >= 0.3 is 35.5 Å². The van der Waals surface area contributed by atoms with Crippen molar-refractivity contribution in [3.63, 3.8) is 0 Å². The molecule has 246 valence electrons. The average molecular weight is 650 g/mol. The van der Waals surface area contributed by atoms with Gasteiger partial charge in [-0.25, -0.2) is 4.79 Å². The number of aromatic carboxylic acids is 1. The summed E-state index contributed by atoms with van der Waals surface area (Å²) >= 11 is 0. The zero-order chi connectivity index (χ0) is 31.4. The minimum Gasteiger partial charge on any atom is -0.870 e. The van der Waals surface area contributed by atoms with Gasteiger partial charge in [0.05, 0.1) is 42.1 Å². The maximum Gasteiger partial charge on any atom is 1.00 e. The summed E-state index contributed by atoms with van der Waals surface area (Å²) in [5, 5.41) is 20.9. The molecule has 0 spiro atoms. The molecule has 8 fully saturated rings. The Labute approximate surface area is 291 Å². The Kier molecular flexibility index (Phi) is 11.8. The number of aliphatic hydroxyl groups excluding tert-OH is 1. The van der Waals surface area contributed by atoms with E-state index in [9.17, 15) is 19.8 Å². The Morgan fingerprint density at radius 1 is 0.717 bits per heavy atom. The standard InChI is InChI=1S/C17H18O6.C9H14O3.C8H11N.Na.H2O/c1-7-11-8(2)13-15(14(21-11)12(7)22-13)23-17(20)10-6-4-3-5-9(10)16(18)19;1-3-6-4(2)8-9(11-6)5(10)7(3)12-8;1-7(9)8-5-3-2-4-6-8;;/h3-8,11-15H,1-2H3,(H,18,19);3-10H,1-2H3;2-7H,9H2,1H3;;1H2/q;;;+1;/p-1/t7-,8+,11+,12+,13-,14-,15-;3-,4+,5+,6+,7+,8-,9-;7-;;/m100../s1. The predicted octanol–water partition coefficient (Wildman–Crippen LogP) is -1.62. The molecule has 8 aliphatic rings. The third kappa shape index (κ3) is 6.44. The molecule has 0 radical (unpaired) electrons. The number of carbonyl (C=O) groups excluding carboxylic acids is 2. The molecule has 10 rings (SSSR count). The summed E-state index contributed by atoms with van der Waals surface area (Å²) in [5.41, 5.74) is 5.03. The summed E-state index contributed by atoms with van der Waals surface area (Å²) in [6.45, 7) is 10.5. The van der Waals surface area contributed by atoms with Crippen LogP contribution < -0.4 is 40.4 Å². The molecule has 2 aromatic carbocycles. The van der Waals surface area contributed by atoms with E-state index < -0.39 is 18.0 Å². The van der Waals surface area contributed by atoms with Crippen LogP contribution in [0.5, 0.6) is 0 Å². The first-order chi connectivity index (χ1) is 21.0. The minimum atomic E-state index is -1.40. The van der Waals surface area contributed by atoms with Crippen LogP contribution in [0.1, 0.15) is 66.9 Å². The second-order valence-corrected chi connectivity index (χ2v) is 13.2. The van der Waals surface area contributed by atoms with Crippen LogP contribution in [-0.4, -0.2) is 83.6 Å². The van der Waals surface area contributed by atoms with Gasteiger partial charge in [-0.3, -0.25) is 0 Å². The third-order valence-electron chi connectivity index (χ3n) is 10.3. The van der Waals surface area contributed by atoms with Crippen LogP contribution in [0.2, 0.25) is 0 Å². The molecular formula is C34H44NNaO10. The van der Waals surface area contributed by atoms with Crippen LogP contribution >= 0.6 is 0 Å². The topological polar surface area (TPSA) is 181 Å². The molecule has 2 aromatic rings. The van der Waals surface area contributed by atoms with Crippen LogP contribution in [0, 0.1) is 23.7 Å². The van der Waals surface area contributed by atoms with Crippen molar-refractivity contribution < 1.29 is 84.3 Å². The van der Waals surface area contributed by atoms with Gasteiger partial charge in [0.2, 0.25) is 0 Å². The maximum atomic E-state index is 12.4. The Bertz CT molecular complexity index is 1330. The van der Waals surface area contributed by atoms with Crippen molar-refractivity contribution in [1.29, 1.82) is 0 Å². The van der Waals surface area contributed by atoms with Gasteiger partial charge in [0, 0.05) is 34.8 Å². The molecule has 0 saturated carbocycles. The first-order valence-electron chi connectivity index (χ1n) is 15.7. The molecule has 8 bridgehead atoms. The number of ether oxygens (including phenoxy) is 5. The number of carbonyl (C=O) groups is 2. The summed E-state index contributed by atoms with van der Waals surface area (Å²) in [5.74, 6) is -0.873. The Morgan fingerprint density at radius 3 is 1.72 bits per heavy atom. The minimum absolute atomic E-state index is 0. The van der Waals surface area contributed by atoms with Gasteiger partial charge in [-0.05, 0) is 13.0 Å². The maximum absolute atomic E-state index is 12.4. The number of carboxylic acid groups (broad SMARTS) is 1. The van der Waals surface area contributed by atoms with E-state index in [1.54, 1.807) is 6.07 Å². The van der Waals surface area contributed by atoms with Crippen molar-refractivity contribution in [2.24, 2.45) is 23.7 Å². The number of hydrogen-bond donors (Lipinski definition) is 2. The van der Waals surface area contributed by atoms with Crippen molar-refractivity contribution in [2.45, 2.75) is 102 Å². The summed E-state index contributed by atoms with van der Waals surface area (Å²) < 4.78 is 29.0. The van der Waals surface area contributed by atoms with Crippen molar-refractivity contribution in [2.75, 3.05) is 0 Å². The van der Waals surface area contributed by atoms with Crippen molar-refractivity contribution in [3.05, 3.63) is 71.3 Å². The molecule has 11 nitrogen and oxygen atoms in total. The summed E-state index contributed by atoms with van der Waals surface area (Å²) in [6, 6.07) is 16.6. The number of quaternary nitrogens is 1. The van der Waals surface area contributed by atoms with E-state index in [1.807, 2.05) is 25.1 Å². The van der Waals surface area contributed by atoms with Gasteiger partial charge < -0.3 is 49.9 Å². The van der Waals surface area contributed by atoms with Gasteiger partial charge in [0.1, 0.15) is 30.5 Å². The normalized spacial score (nSPS) is 40.4. The third-order valence-corrected chi connectivity index (χ3v) is 10.3. The Hall–Kier alpha value is -1.90. The number of benzene rings is 2. The van der Waals surface area contributed by atoms with E-state index in [4.69, 9.17) is 23.7 Å². The largest absolute Gasteiger partial charge is 1.00 e. The van der Waals surface area contributed by atoms with Gasteiger partial charge in [-0.1, -0.05) is 76.2 Å². The molecule has 5 N–H and O–H groups in total. The van der Waals surface area contributed by atoms with E-state index in [0.717, 1.165) is 0 Å². The monoisotopic (exact) mass is 649 g/mol. The van der Waals surface area contributed by atoms with E-state index >= 15 is 0 Å². The fourth-order valence-corrected chi connectivity index (χ4v) is 7.95. The van der Waals surface area contributed by atoms with E-state index in [1.165, 1.54) is 23.8 Å². The number of aliphatic hydroxyl groups is 1. The molecule has 0 unspecified atom stereocenters. The molecule has 12 heteroatoms. The van der Waals surface area contributed by atoms with Gasteiger partial charge in [-0.15, -0.1) is 0 Å². The van der Waals surface area contributed by atoms with Gasteiger partial charge in [0.15, 0.2) is 6.10 Å². The predicted molar refractivity (Wildman–Crippen MR) is 157 cm³/mol. The van der Waals surface area contributed by atoms with E-state index in [2.05, 4.69) is 45.6 Å². The summed E-state index contributed by atoms with van der Waals surface area (Å²) in [7, 11) is 0. The molecule has 15 atom stereocenters. The molecule has 8 heterocycles. The Morgan fingerprint density at radius 2 is 1.17 bits per heavy atom. The van der Waals surface area contributed by atoms with Crippen LogP contribution in [-0.2, 0) is 23.7 Å². The van der Waals surface area contributed by atoms with Crippen LogP contribution in [0.15, 0.2) is 54.6 Å². The second-order valence-electron chi connectivity index (χ2n) is 13.2. The van der Waals surface area contributed by atoms with E-state index in [-0.39, 0.29) is 107 Å². The number of rotatable bonds is 4. The molecule has 8 saturated heterocycles. The second kappa shape index (κ2) is 14.7. The molecule has 46 heavy (non-hydrogen) atoms. The number of esters is 1. The van der Waals surface area contributed by atoms with Crippen LogP contribution in [0.3, 0.4) is 0 Å². The molecule has 0 aliphatic carbocycles. The SMILES string of the molecule is C[C@@H]1[C@@H]2O[C@H]3[C@H](O)[C@H](O[C@@H]13)[C@H]2C.C[C@@H]1[C@@H]2O[C@H]3[C@H](OC(=O)c4ccccc4C(=O)[O-])[C@H](O[C@@H]13)[C@H]2C.C[C@H]([NH3+])c1ccccc1.[Na+].[OH-]. The summed E-state index contributed by atoms with van der Waals surface area (Å²) in [6.07, 6.45) is -0.793. The van der Waals surface area contributed by atoms with Crippen LogP contribution in [0.4, 0.5) is 0 Å². The van der Waals surface area contributed by atoms with Gasteiger partial charge in [0.25, 0.3) is 0 Å². The molecule has 0 amide bonds. The molecule has 8 aliphatic heterocycles. The zero-order valence-corrected chi connectivity index (χ0v) is 29.2. The van der Waals surface area contributed by atoms with Crippen molar-refractivity contribution in [3.8, 4) is 0 Å². The molecular weight excluding hydrogens is 605 g/mol. The fraction of sp³-hybridized carbons (Fsp3) is 0.588. The first kappa shape index (κ1) is 36.9. The fourth-order valence-electron chi connectivity index (χ4n) is 7.95. The van der Waals surface area contributed by atoms with Crippen LogP contribution in [0.25, 0.3) is 0 Å². The zero-order valence-electron chi connectivity index (χ0n) is 27.2. The number of carboxylic acids is 1. The van der Waals surface area contributed by atoms with Gasteiger partial charge in [-0.2, -0.15) is 0 Å². The molecule has 0 aromatic heterocycles. The number of hydrogen-bond acceptors (Lipinski definition) is 10. The first-order valence-corrected chi connectivity index (χ1v) is 15.7. The average Bonchev–Trinajstić information content (AvgIpc) is 3.65. The van der Waals surface area contributed by atoms with E-state index in [0.29, 0.717) is 24.0 Å². The van der Waals surface area contributed by atoms with Crippen molar-refractivity contribution in [1.82, 2.24) is 0 Å².